The van der Waals surface area contributed by atoms with E-state index in [9.17, 15) is 9.90 Å². The molecule has 0 aromatic rings. The zero-order valence-corrected chi connectivity index (χ0v) is 14.2. The van der Waals surface area contributed by atoms with Crippen LogP contribution in [-0.4, -0.2) is 42.4 Å². The number of rotatable bonds is 1. The quantitative estimate of drug-likeness (QED) is 0.405. The number of aliphatic carboxylic acids is 1. The van der Waals surface area contributed by atoms with Crippen LogP contribution in [0.25, 0.3) is 0 Å². The first-order valence-corrected chi connectivity index (χ1v) is 5.32. The first-order chi connectivity index (χ1) is 5.07. The van der Waals surface area contributed by atoms with Gasteiger partial charge in [-0.2, -0.15) is 0 Å². The molecule has 0 N–H and O–H groups in total. The van der Waals surface area contributed by atoms with Crippen LogP contribution >= 0.6 is 31.9 Å². The maximum absolute atomic E-state index is 10.7. The van der Waals surface area contributed by atoms with E-state index in [2.05, 4.69) is 31.9 Å². The summed E-state index contributed by atoms with van der Waals surface area (Å²) in [6.07, 6.45) is 3.61. The third-order valence-electron chi connectivity index (χ3n) is 2.08. The Kier molecular flexibility index (Phi) is 5.88. The van der Waals surface area contributed by atoms with Crippen molar-refractivity contribution < 1.29 is 9.90 Å². The van der Waals surface area contributed by atoms with Gasteiger partial charge in [0.2, 0.25) is 0 Å². The van der Waals surface area contributed by atoms with Crippen LogP contribution in [0.3, 0.4) is 0 Å². The molecule has 2 unspecified atom stereocenters. The molecule has 0 spiro atoms. The SMILES string of the molecule is O=C([O-])C1(Br)CCCCC1Br.[Tl+]. The Balaban J connectivity index is 0.00000121. The Bertz CT molecular complexity index is 177. The molecule has 2 nitrogen and oxygen atoms in total. The minimum atomic E-state index is -1.00. The minimum absolute atomic E-state index is 0. The second kappa shape index (κ2) is 5.29. The summed E-state index contributed by atoms with van der Waals surface area (Å²) in [7, 11) is 0. The van der Waals surface area contributed by atoms with Crippen molar-refractivity contribution in [2.75, 3.05) is 0 Å². The molecule has 66 valence electrons. The van der Waals surface area contributed by atoms with E-state index in [1.807, 2.05) is 0 Å². The molecule has 0 aromatic heterocycles. The van der Waals surface area contributed by atoms with Crippen molar-refractivity contribution in [3.8, 4) is 0 Å². The molecule has 1 aliphatic rings. The van der Waals surface area contributed by atoms with Gasteiger partial charge in [0.25, 0.3) is 0 Å². The molecular weight excluding hydrogens is 480 g/mol. The number of carbonyl (C=O) groups excluding carboxylic acids is 1. The molecule has 1 saturated carbocycles. The average molecular weight is 489 g/mol. The normalized spacial score (nSPS) is 35.3. The van der Waals surface area contributed by atoms with Crippen molar-refractivity contribution >= 4 is 65.1 Å². The summed E-state index contributed by atoms with van der Waals surface area (Å²) in [6.45, 7) is 0. The monoisotopic (exact) mass is 488 g/mol. The summed E-state index contributed by atoms with van der Waals surface area (Å²) in [5.74, 6) is -1.00. The number of alkyl halides is 2. The van der Waals surface area contributed by atoms with Gasteiger partial charge in [-0.1, -0.05) is 44.7 Å². The van der Waals surface area contributed by atoms with Crippen molar-refractivity contribution in [2.45, 2.75) is 34.8 Å². The summed E-state index contributed by atoms with van der Waals surface area (Å²) in [5.41, 5.74) is 0. The van der Waals surface area contributed by atoms with Crippen LogP contribution in [0.5, 0.6) is 0 Å². The van der Waals surface area contributed by atoms with Crippen LogP contribution in [0.15, 0.2) is 0 Å². The minimum Gasteiger partial charge on any atom is -0.549 e. The van der Waals surface area contributed by atoms with Crippen LogP contribution in [0.2, 0.25) is 0 Å². The summed E-state index contributed by atoms with van der Waals surface area (Å²) < 4.78 is -0.828. The Hall–Kier alpha value is 1.35. The molecule has 2 atom stereocenters. The van der Waals surface area contributed by atoms with Crippen LogP contribution in [0, 0.1) is 0 Å². The van der Waals surface area contributed by atoms with Gasteiger partial charge < -0.3 is 9.90 Å². The topological polar surface area (TPSA) is 40.1 Å². The molecule has 1 aliphatic carbocycles. The molecular formula is C7H9Br2O2Tl. The summed E-state index contributed by atoms with van der Waals surface area (Å²) in [4.78, 5) is 10.7. The van der Waals surface area contributed by atoms with Gasteiger partial charge in [0.1, 0.15) is 0 Å². The van der Waals surface area contributed by atoms with Crippen LogP contribution in [-0.2, 0) is 4.79 Å². The van der Waals surface area contributed by atoms with Crippen LogP contribution in [0.1, 0.15) is 25.7 Å². The van der Waals surface area contributed by atoms with Crippen molar-refractivity contribution in [2.24, 2.45) is 0 Å². The fraction of sp³-hybridized carbons (Fsp3) is 0.857. The molecule has 0 aromatic carbocycles. The molecule has 1 rings (SSSR count). The Morgan fingerprint density at radius 2 is 2.08 bits per heavy atom. The number of hydrogen-bond acceptors (Lipinski definition) is 2. The molecule has 5 heteroatoms. The van der Waals surface area contributed by atoms with E-state index < -0.39 is 10.3 Å². The summed E-state index contributed by atoms with van der Waals surface area (Å²) in [5, 5.41) is 10.7. The van der Waals surface area contributed by atoms with E-state index in [0.29, 0.717) is 6.42 Å². The van der Waals surface area contributed by atoms with E-state index in [0.717, 1.165) is 19.3 Å². The summed E-state index contributed by atoms with van der Waals surface area (Å²) >= 11 is 6.56. The Labute approximate surface area is 109 Å². The van der Waals surface area contributed by atoms with Crippen LogP contribution < -0.4 is 5.11 Å². The Morgan fingerprint density at radius 3 is 2.42 bits per heavy atom. The molecule has 0 saturated heterocycles. The van der Waals surface area contributed by atoms with Crippen molar-refractivity contribution in [3.05, 3.63) is 0 Å². The second-order valence-corrected chi connectivity index (χ2v) is 5.38. The third kappa shape index (κ3) is 2.67. The first-order valence-electron chi connectivity index (χ1n) is 3.62. The standard InChI is InChI=1S/C7H10Br2O2.Tl/c8-5-3-1-2-4-7(5,9)6(10)11;/h5H,1-4H2,(H,10,11);/q;+1/p-1. The molecule has 12 heavy (non-hydrogen) atoms. The predicted molar refractivity (Wildman–Crippen MR) is 53.6 cm³/mol. The van der Waals surface area contributed by atoms with E-state index in [1.54, 1.807) is 0 Å². The maximum atomic E-state index is 10.7. The number of hydrogen-bond donors (Lipinski definition) is 0. The smallest absolute Gasteiger partial charge is 0.549 e. The number of carboxylic acid groups (broad SMARTS) is 1. The van der Waals surface area contributed by atoms with Crippen molar-refractivity contribution in [1.29, 1.82) is 0 Å². The molecule has 0 heterocycles. The van der Waals surface area contributed by atoms with Gasteiger partial charge in [0.05, 0.1) is 10.3 Å². The van der Waals surface area contributed by atoms with Gasteiger partial charge in [-0.25, -0.2) is 0 Å². The average Bonchev–Trinajstić information content (AvgIpc) is 1.95. The van der Waals surface area contributed by atoms with E-state index in [1.165, 1.54) is 0 Å². The predicted octanol–water partition coefficient (Wildman–Crippen LogP) is 0.827. The largest absolute Gasteiger partial charge is 1.00 e. The second-order valence-electron chi connectivity index (χ2n) is 2.86. The van der Waals surface area contributed by atoms with Gasteiger partial charge in [-0.3, -0.25) is 0 Å². The van der Waals surface area contributed by atoms with E-state index in [4.69, 9.17) is 0 Å². The third-order valence-corrected chi connectivity index (χ3v) is 5.21. The number of carboxylic acids is 1. The Morgan fingerprint density at radius 1 is 1.50 bits per heavy atom. The van der Waals surface area contributed by atoms with E-state index in [-0.39, 0.29) is 32.1 Å². The van der Waals surface area contributed by atoms with Crippen LogP contribution in [0.4, 0.5) is 0 Å². The van der Waals surface area contributed by atoms with Gasteiger partial charge in [0, 0.05) is 4.83 Å². The van der Waals surface area contributed by atoms with Gasteiger partial charge in [-0.15, -0.1) is 0 Å². The van der Waals surface area contributed by atoms with Gasteiger partial charge >= 0.3 is 27.3 Å². The molecule has 0 amide bonds. The number of halogens is 2. The fourth-order valence-corrected chi connectivity index (χ4v) is 2.57. The molecule has 0 aliphatic heterocycles. The molecule has 0 bridgehead atoms. The maximum Gasteiger partial charge on any atom is 1.00 e. The zero-order valence-electron chi connectivity index (χ0n) is 6.56. The zero-order chi connectivity index (χ0) is 8.48. The first kappa shape index (κ1) is 13.4. The van der Waals surface area contributed by atoms with Crippen molar-refractivity contribution in [3.63, 3.8) is 0 Å². The molecule has 1 fully saturated rings. The van der Waals surface area contributed by atoms with E-state index >= 15 is 0 Å². The fourth-order valence-electron chi connectivity index (χ4n) is 1.32. The van der Waals surface area contributed by atoms with Gasteiger partial charge in [-0.05, 0) is 12.8 Å². The summed E-state index contributed by atoms with van der Waals surface area (Å²) in [6, 6.07) is 0. The van der Waals surface area contributed by atoms with Gasteiger partial charge in [0.15, 0.2) is 0 Å². The number of carbonyl (C=O) groups is 1. The van der Waals surface area contributed by atoms with Crippen molar-refractivity contribution in [1.82, 2.24) is 0 Å². The molecule has 0 radical (unpaired) electrons.